The Bertz CT molecular complexity index is 1390. The number of aryl methyl sites for hydroxylation is 1. The van der Waals surface area contributed by atoms with E-state index in [0.717, 1.165) is 27.7 Å². The number of hydrogen-bond acceptors (Lipinski definition) is 4. The van der Waals surface area contributed by atoms with Gasteiger partial charge in [0.05, 0.1) is 23.8 Å². The summed E-state index contributed by atoms with van der Waals surface area (Å²) >= 11 is 0. The summed E-state index contributed by atoms with van der Waals surface area (Å²) in [7, 11) is 3.32. The minimum atomic E-state index is -0.180. The number of para-hydroxylation sites is 1. The molecule has 0 fully saturated rings. The van der Waals surface area contributed by atoms with Gasteiger partial charge in [-0.2, -0.15) is 0 Å². The summed E-state index contributed by atoms with van der Waals surface area (Å²) in [5, 5.41) is 1.10. The number of fused-ring (bicyclic) bond motifs is 2. The molecule has 3 heterocycles. The Kier molecular flexibility index (Phi) is 4.98. The molecular weight excluding hydrogens is 402 g/mol. The van der Waals surface area contributed by atoms with E-state index < -0.39 is 0 Å². The number of rotatable bonds is 5. The number of methoxy groups -OCH3 is 1. The van der Waals surface area contributed by atoms with E-state index in [1.807, 2.05) is 42.5 Å². The highest BCUT2D eigenvalue weighted by Crippen LogP contribution is 2.31. The zero-order valence-corrected chi connectivity index (χ0v) is 18.0. The lowest BCUT2D eigenvalue weighted by Gasteiger charge is -2.15. The normalized spacial score (nSPS) is 12.9. The average molecular weight is 425 g/mol. The zero-order chi connectivity index (χ0) is 22.2. The van der Waals surface area contributed by atoms with Gasteiger partial charge in [-0.1, -0.05) is 36.4 Å². The first-order valence-electron chi connectivity index (χ1n) is 10.6. The Morgan fingerprint density at radius 1 is 0.969 bits per heavy atom. The van der Waals surface area contributed by atoms with Crippen molar-refractivity contribution in [1.82, 2.24) is 14.5 Å². The molecule has 32 heavy (non-hydrogen) atoms. The summed E-state index contributed by atoms with van der Waals surface area (Å²) in [4.78, 5) is 32.8. The van der Waals surface area contributed by atoms with Gasteiger partial charge in [0.25, 0.3) is 11.5 Å². The van der Waals surface area contributed by atoms with Crippen molar-refractivity contribution >= 4 is 16.8 Å². The Balaban J connectivity index is 1.44. The molecule has 1 aliphatic heterocycles. The SMILES string of the molecule is COc1ccc(-c2c3c(cn(C)c2=O)CN(CCc2ccc4ccccc4n2)C3=O)cc1. The summed E-state index contributed by atoms with van der Waals surface area (Å²) in [6, 6.07) is 19.3. The standard InChI is InChI=1S/C26H23N3O3/c1-28-15-19-16-29(14-13-20-10-7-17-5-3-4-6-22(17)27-20)26(31)24(19)23(25(28)30)18-8-11-21(32-2)12-9-18/h3-12,15H,13-14,16H2,1-2H3. The lowest BCUT2D eigenvalue weighted by atomic mass is 9.99. The number of ether oxygens (including phenoxy) is 1. The summed E-state index contributed by atoms with van der Waals surface area (Å²) in [5.41, 5.74) is 4.25. The molecule has 2 aromatic carbocycles. The molecule has 0 N–H and O–H groups in total. The Hall–Kier alpha value is -3.93. The van der Waals surface area contributed by atoms with Crippen LogP contribution in [-0.2, 0) is 20.0 Å². The molecule has 0 atom stereocenters. The van der Waals surface area contributed by atoms with Crippen LogP contribution < -0.4 is 10.3 Å². The molecule has 4 aromatic rings. The molecule has 6 heteroatoms. The Labute approximate surface area is 185 Å². The molecule has 160 valence electrons. The summed E-state index contributed by atoms with van der Waals surface area (Å²) in [6.45, 7) is 1.03. The number of pyridine rings is 2. The van der Waals surface area contributed by atoms with Crippen molar-refractivity contribution in [3.05, 3.63) is 94.0 Å². The maximum atomic E-state index is 13.3. The fourth-order valence-corrected chi connectivity index (χ4v) is 4.30. The molecule has 0 saturated heterocycles. The third-order valence-electron chi connectivity index (χ3n) is 5.99. The van der Waals surface area contributed by atoms with Crippen LogP contribution in [0.25, 0.3) is 22.0 Å². The second-order valence-electron chi connectivity index (χ2n) is 8.02. The number of aromatic nitrogens is 2. The van der Waals surface area contributed by atoms with Crippen molar-refractivity contribution in [2.45, 2.75) is 13.0 Å². The first-order valence-corrected chi connectivity index (χ1v) is 10.6. The van der Waals surface area contributed by atoms with Gasteiger partial charge < -0.3 is 14.2 Å². The maximum Gasteiger partial charge on any atom is 0.258 e. The highest BCUT2D eigenvalue weighted by atomic mass is 16.5. The number of carbonyl (C=O) groups is 1. The van der Waals surface area contributed by atoms with E-state index in [-0.39, 0.29) is 11.5 Å². The van der Waals surface area contributed by atoms with Crippen molar-refractivity contribution in [1.29, 1.82) is 0 Å². The Morgan fingerprint density at radius 3 is 2.53 bits per heavy atom. The number of amides is 1. The molecule has 1 amide bonds. The molecule has 0 aliphatic carbocycles. The van der Waals surface area contributed by atoms with Gasteiger partial charge in [0.1, 0.15) is 5.75 Å². The molecule has 0 bridgehead atoms. The molecule has 0 unspecified atom stereocenters. The molecular formula is C26H23N3O3. The number of hydrogen-bond donors (Lipinski definition) is 0. The van der Waals surface area contributed by atoms with E-state index in [1.54, 1.807) is 42.0 Å². The van der Waals surface area contributed by atoms with Crippen molar-refractivity contribution in [3.63, 3.8) is 0 Å². The topological polar surface area (TPSA) is 64.4 Å². The van der Waals surface area contributed by atoms with Crippen LogP contribution in [0.4, 0.5) is 0 Å². The van der Waals surface area contributed by atoms with Crippen LogP contribution in [0.15, 0.2) is 71.7 Å². The van der Waals surface area contributed by atoms with Gasteiger partial charge in [0.15, 0.2) is 0 Å². The van der Waals surface area contributed by atoms with Crippen LogP contribution in [-0.4, -0.2) is 34.0 Å². The van der Waals surface area contributed by atoms with Gasteiger partial charge in [-0.05, 0) is 29.8 Å². The molecule has 6 nitrogen and oxygen atoms in total. The number of carbonyl (C=O) groups excluding carboxylic acids is 1. The van der Waals surface area contributed by atoms with Crippen LogP contribution in [0.2, 0.25) is 0 Å². The van der Waals surface area contributed by atoms with Crippen molar-refractivity contribution in [2.75, 3.05) is 13.7 Å². The van der Waals surface area contributed by atoms with Crippen LogP contribution in [0.3, 0.4) is 0 Å². The third kappa shape index (κ3) is 3.43. The third-order valence-corrected chi connectivity index (χ3v) is 5.99. The van der Waals surface area contributed by atoms with Crippen LogP contribution in [0.5, 0.6) is 5.75 Å². The summed E-state index contributed by atoms with van der Waals surface area (Å²) < 4.78 is 6.78. The van der Waals surface area contributed by atoms with Crippen LogP contribution in [0, 0.1) is 0 Å². The monoisotopic (exact) mass is 425 g/mol. The molecule has 1 aliphatic rings. The summed E-state index contributed by atoms with van der Waals surface area (Å²) in [5.74, 6) is 0.596. The largest absolute Gasteiger partial charge is 0.497 e. The molecule has 2 aromatic heterocycles. The average Bonchev–Trinajstić information content (AvgIpc) is 3.13. The minimum Gasteiger partial charge on any atom is -0.497 e. The quantitative estimate of drug-likeness (QED) is 0.488. The molecule has 5 rings (SSSR count). The Morgan fingerprint density at radius 2 is 1.75 bits per heavy atom. The number of benzene rings is 2. The van der Waals surface area contributed by atoms with Crippen molar-refractivity contribution < 1.29 is 9.53 Å². The predicted octanol–water partition coefficient (Wildman–Crippen LogP) is 3.81. The van der Waals surface area contributed by atoms with Crippen LogP contribution >= 0.6 is 0 Å². The summed E-state index contributed by atoms with van der Waals surface area (Å²) in [6.07, 6.45) is 2.43. The van der Waals surface area contributed by atoms with E-state index in [2.05, 4.69) is 6.07 Å². The first-order chi connectivity index (χ1) is 15.5. The van der Waals surface area contributed by atoms with Crippen LogP contribution in [0.1, 0.15) is 21.6 Å². The lowest BCUT2D eigenvalue weighted by Crippen LogP contribution is -2.27. The number of nitrogens with zero attached hydrogens (tertiary/aromatic N) is 3. The van der Waals surface area contributed by atoms with Gasteiger partial charge in [-0.3, -0.25) is 14.6 Å². The highest BCUT2D eigenvalue weighted by molar-refractivity contribution is 6.04. The van der Waals surface area contributed by atoms with Gasteiger partial charge in [0, 0.05) is 49.4 Å². The lowest BCUT2D eigenvalue weighted by molar-refractivity contribution is 0.0780. The van der Waals surface area contributed by atoms with Gasteiger partial charge >= 0.3 is 0 Å². The smallest absolute Gasteiger partial charge is 0.258 e. The van der Waals surface area contributed by atoms with E-state index in [1.165, 1.54) is 0 Å². The molecule has 0 saturated carbocycles. The van der Waals surface area contributed by atoms with Gasteiger partial charge in [0.2, 0.25) is 0 Å². The molecule has 0 spiro atoms. The van der Waals surface area contributed by atoms with E-state index in [9.17, 15) is 9.59 Å². The second-order valence-corrected chi connectivity index (χ2v) is 8.02. The fraction of sp³-hybridized carbons (Fsp3) is 0.192. The second kappa shape index (κ2) is 7.96. The van der Waals surface area contributed by atoms with Crippen molar-refractivity contribution in [2.24, 2.45) is 7.05 Å². The minimum absolute atomic E-state index is 0.107. The molecule has 0 radical (unpaired) electrons. The predicted molar refractivity (Wildman–Crippen MR) is 124 cm³/mol. The van der Waals surface area contributed by atoms with E-state index >= 15 is 0 Å². The van der Waals surface area contributed by atoms with Gasteiger partial charge in [-0.25, -0.2) is 0 Å². The van der Waals surface area contributed by atoms with E-state index in [0.29, 0.717) is 36.4 Å². The van der Waals surface area contributed by atoms with Gasteiger partial charge in [-0.15, -0.1) is 0 Å². The fourth-order valence-electron chi connectivity index (χ4n) is 4.30. The zero-order valence-electron chi connectivity index (χ0n) is 18.0. The van der Waals surface area contributed by atoms with E-state index in [4.69, 9.17) is 9.72 Å². The first kappa shape index (κ1) is 20.0. The highest BCUT2D eigenvalue weighted by Gasteiger charge is 2.32. The van der Waals surface area contributed by atoms with Crippen molar-refractivity contribution in [3.8, 4) is 16.9 Å². The maximum absolute atomic E-state index is 13.3.